The van der Waals surface area contributed by atoms with Gasteiger partial charge in [0.2, 0.25) is 17.7 Å². The number of carbonyl (C=O) groups excluding carboxylic acids is 3. The molecule has 28 heavy (non-hydrogen) atoms. The van der Waals surface area contributed by atoms with E-state index in [0.29, 0.717) is 12.2 Å². The van der Waals surface area contributed by atoms with Gasteiger partial charge in [0.05, 0.1) is 12.6 Å². The second kappa shape index (κ2) is 13.6. The van der Waals surface area contributed by atoms with Gasteiger partial charge in [-0.3, -0.25) is 14.4 Å². The van der Waals surface area contributed by atoms with Crippen LogP contribution in [0.1, 0.15) is 20.3 Å². The Bertz CT molecular complexity index is 549. The summed E-state index contributed by atoms with van der Waals surface area (Å²) in [5.41, 5.74) is 5.81. The first-order valence-electron chi connectivity index (χ1n) is 8.69. The zero-order valence-corrected chi connectivity index (χ0v) is 17.9. The lowest BCUT2D eigenvalue weighted by Crippen LogP contribution is -2.58. The second-order valence-electron chi connectivity index (χ2n) is 6.44. The molecule has 0 radical (unpaired) electrons. The van der Waals surface area contributed by atoms with Crippen LogP contribution in [0.4, 0.5) is 0 Å². The minimum atomic E-state index is -1.50. The van der Waals surface area contributed by atoms with Crippen molar-refractivity contribution in [3.05, 3.63) is 0 Å². The summed E-state index contributed by atoms with van der Waals surface area (Å²) in [6, 6.07) is -4.33. The highest BCUT2D eigenvalue weighted by Gasteiger charge is 2.29. The largest absolute Gasteiger partial charge is 0.480 e. The number of thioether (sulfide) groups is 1. The van der Waals surface area contributed by atoms with Crippen molar-refractivity contribution in [3.8, 4) is 0 Å². The lowest BCUT2D eigenvalue weighted by Gasteiger charge is -2.24. The van der Waals surface area contributed by atoms with Crippen LogP contribution >= 0.6 is 24.4 Å². The molecule has 0 heterocycles. The fourth-order valence-corrected chi connectivity index (χ4v) is 2.73. The molecule has 7 N–H and O–H groups in total. The summed E-state index contributed by atoms with van der Waals surface area (Å²) in [4.78, 5) is 47.9. The standard InChI is InChI=1S/C16H30N4O6S2/c1-8(2)12(17)15(24)18-9(4-5-28-3)13(22)20-11(7-27)14(23)19-10(6-21)16(25)26/h8-12,21,27H,4-7,17H2,1-3H3,(H,18,24)(H,19,23)(H,20,22)(H,25,26). The molecular weight excluding hydrogens is 408 g/mol. The predicted molar refractivity (Wildman–Crippen MR) is 110 cm³/mol. The van der Waals surface area contributed by atoms with Gasteiger partial charge in [-0.2, -0.15) is 24.4 Å². The molecule has 0 aliphatic rings. The highest BCUT2D eigenvalue weighted by atomic mass is 32.2. The van der Waals surface area contributed by atoms with E-state index in [1.807, 2.05) is 6.26 Å². The summed E-state index contributed by atoms with van der Waals surface area (Å²) in [6.07, 6.45) is 2.17. The lowest BCUT2D eigenvalue weighted by molar-refractivity contribution is -0.143. The second-order valence-corrected chi connectivity index (χ2v) is 7.79. The van der Waals surface area contributed by atoms with Gasteiger partial charge in [-0.1, -0.05) is 13.8 Å². The number of hydrogen-bond donors (Lipinski definition) is 7. The number of aliphatic hydroxyl groups excluding tert-OH is 1. The van der Waals surface area contributed by atoms with Gasteiger partial charge in [-0.15, -0.1) is 0 Å². The van der Waals surface area contributed by atoms with Gasteiger partial charge < -0.3 is 31.9 Å². The average molecular weight is 439 g/mol. The van der Waals surface area contributed by atoms with Crippen LogP contribution in [0.2, 0.25) is 0 Å². The first-order valence-corrected chi connectivity index (χ1v) is 10.7. The topological polar surface area (TPSA) is 171 Å². The van der Waals surface area contributed by atoms with Crippen LogP contribution in [-0.4, -0.2) is 82.4 Å². The van der Waals surface area contributed by atoms with E-state index in [1.165, 1.54) is 11.8 Å². The van der Waals surface area contributed by atoms with E-state index in [2.05, 4.69) is 28.6 Å². The zero-order valence-electron chi connectivity index (χ0n) is 16.2. The molecule has 0 aromatic heterocycles. The van der Waals surface area contributed by atoms with Crippen molar-refractivity contribution < 1.29 is 29.4 Å². The van der Waals surface area contributed by atoms with Gasteiger partial charge in [-0.25, -0.2) is 4.79 Å². The van der Waals surface area contributed by atoms with Gasteiger partial charge in [0.25, 0.3) is 0 Å². The maximum atomic E-state index is 12.6. The minimum absolute atomic E-state index is 0.107. The van der Waals surface area contributed by atoms with Gasteiger partial charge >= 0.3 is 5.97 Å². The Morgan fingerprint density at radius 1 is 1.00 bits per heavy atom. The number of aliphatic hydroxyl groups is 1. The van der Waals surface area contributed by atoms with E-state index in [1.54, 1.807) is 13.8 Å². The molecule has 0 fully saturated rings. The maximum Gasteiger partial charge on any atom is 0.328 e. The molecule has 162 valence electrons. The average Bonchev–Trinajstić information content (AvgIpc) is 2.65. The number of carboxylic acids is 1. The first-order chi connectivity index (χ1) is 13.1. The molecule has 10 nitrogen and oxygen atoms in total. The van der Waals surface area contributed by atoms with Crippen molar-refractivity contribution in [2.24, 2.45) is 11.7 Å². The quantitative estimate of drug-likeness (QED) is 0.165. The number of nitrogens with one attached hydrogen (secondary N) is 3. The Morgan fingerprint density at radius 2 is 1.50 bits per heavy atom. The maximum absolute atomic E-state index is 12.6. The summed E-state index contributed by atoms with van der Waals surface area (Å²) in [5, 5.41) is 25.1. The number of aliphatic carboxylic acids is 1. The van der Waals surface area contributed by atoms with E-state index in [0.717, 1.165) is 0 Å². The van der Waals surface area contributed by atoms with Crippen molar-refractivity contribution in [1.82, 2.24) is 16.0 Å². The first kappa shape index (κ1) is 26.5. The van der Waals surface area contributed by atoms with E-state index >= 15 is 0 Å². The summed E-state index contributed by atoms with van der Waals surface area (Å²) in [6.45, 7) is 2.76. The van der Waals surface area contributed by atoms with Crippen molar-refractivity contribution in [2.75, 3.05) is 24.4 Å². The van der Waals surface area contributed by atoms with Crippen LogP contribution in [0, 0.1) is 5.92 Å². The third-order valence-electron chi connectivity index (χ3n) is 3.88. The predicted octanol–water partition coefficient (Wildman–Crippen LogP) is -1.82. The molecule has 3 amide bonds. The number of amides is 3. The molecule has 4 unspecified atom stereocenters. The molecule has 0 rings (SSSR count). The van der Waals surface area contributed by atoms with Gasteiger partial charge in [0.1, 0.15) is 18.1 Å². The van der Waals surface area contributed by atoms with Crippen molar-refractivity contribution in [2.45, 2.75) is 44.4 Å². The minimum Gasteiger partial charge on any atom is -0.480 e. The Morgan fingerprint density at radius 3 is 1.93 bits per heavy atom. The number of hydrogen-bond acceptors (Lipinski definition) is 8. The van der Waals surface area contributed by atoms with Crippen molar-refractivity contribution in [1.29, 1.82) is 0 Å². The monoisotopic (exact) mass is 438 g/mol. The Kier molecular flexibility index (Phi) is 12.9. The smallest absolute Gasteiger partial charge is 0.328 e. The summed E-state index contributed by atoms with van der Waals surface area (Å²) in [5.74, 6) is -2.95. The van der Waals surface area contributed by atoms with E-state index in [9.17, 15) is 19.2 Å². The highest BCUT2D eigenvalue weighted by Crippen LogP contribution is 2.05. The van der Waals surface area contributed by atoms with Crippen LogP contribution in [0.25, 0.3) is 0 Å². The molecule has 4 atom stereocenters. The third kappa shape index (κ3) is 9.13. The molecular formula is C16H30N4O6S2. The third-order valence-corrected chi connectivity index (χ3v) is 4.89. The van der Waals surface area contributed by atoms with E-state index in [4.69, 9.17) is 15.9 Å². The summed E-state index contributed by atoms with van der Waals surface area (Å²) >= 11 is 5.49. The molecule has 12 heteroatoms. The summed E-state index contributed by atoms with van der Waals surface area (Å²) in [7, 11) is 0. The van der Waals surface area contributed by atoms with Crippen LogP contribution in [0.5, 0.6) is 0 Å². The molecule has 0 saturated carbocycles. The molecule has 0 bridgehead atoms. The van der Waals surface area contributed by atoms with Crippen LogP contribution in [0.3, 0.4) is 0 Å². The molecule has 0 aromatic carbocycles. The number of carboxylic acid groups (broad SMARTS) is 1. The Labute approximate surface area is 174 Å². The summed E-state index contributed by atoms with van der Waals surface area (Å²) < 4.78 is 0. The zero-order chi connectivity index (χ0) is 21.9. The molecule has 0 spiro atoms. The van der Waals surface area contributed by atoms with Crippen molar-refractivity contribution in [3.63, 3.8) is 0 Å². The molecule has 0 aromatic rings. The van der Waals surface area contributed by atoms with Crippen LogP contribution in [-0.2, 0) is 19.2 Å². The number of rotatable bonds is 13. The number of carbonyl (C=O) groups is 4. The molecule has 0 aliphatic heterocycles. The number of thiol groups is 1. The Balaban J connectivity index is 5.11. The van der Waals surface area contributed by atoms with Gasteiger partial charge in [0, 0.05) is 5.75 Å². The number of nitrogens with two attached hydrogens (primary N) is 1. The highest BCUT2D eigenvalue weighted by molar-refractivity contribution is 7.98. The fourth-order valence-electron chi connectivity index (χ4n) is 2.00. The lowest BCUT2D eigenvalue weighted by atomic mass is 10.0. The Hall–Kier alpha value is -1.50. The normalized spacial score (nSPS) is 15.2. The molecule has 0 saturated heterocycles. The molecule has 0 aliphatic carbocycles. The van der Waals surface area contributed by atoms with E-state index in [-0.39, 0.29) is 11.7 Å². The van der Waals surface area contributed by atoms with Gasteiger partial charge in [-0.05, 0) is 24.3 Å². The van der Waals surface area contributed by atoms with E-state index < -0.39 is 54.5 Å². The SMILES string of the molecule is CSCCC(NC(=O)C(N)C(C)C)C(=O)NC(CS)C(=O)NC(CO)C(=O)O. The van der Waals surface area contributed by atoms with Crippen molar-refractivity contribution >= 4 is 48.1 Å². The van der Waals surface area contributed by atoms with Crippen LogP contribution < -0.4 is 21.7 Å². The van der Waals surface area contributed by atoms with Gasteiger partial charge in [0.15, 0.2) is 0 Å². The fraction of sp³-hybridized carbons (Fsp3) is 0.750. The van der Waals surface area contributed by atoms with Crippen LogP contribution in [0.15, 0.2) is 0 Å².